The fourth-order valence-electron chi connectivity index (χ4n) is 1.65. The van der Waals surface area contributed by atoms with Crippen LogP contribution < -0.4 is 5.73 Å². The van der Waals surface area contributed by atoms with Gasteiger partial charge in [0.05, 0.1) is 17.6 Å². The molecule has 0 unspecified atom stereocenters. The van der Waals surface area contributed by atoms with Gasteiger partial charge in [0.1, 0.15) is 5.82 Å². The second-order valence-corrected chi connectivity index (χ2v) is 3.55. The van der Waals surface area contributed by atoms with Crippen LogP contribution in [0.4, 0.5) is 0 Å². The topological polar surface area (TPSA) is 43.8 Å². The van der Waals surface area contributed by atoms with Crippen LogP contribution in [0, 0.1) is 0 Å². The molecule has 3 nitrogen and oxygen atoms in total. The molecule has 0 saturated carbocycles. The molecule has 1 aromatic heterocycles. The first kappa shape index (κ1) is 9.49. The minimum absolute atomic E-state index is 0.458. The summed E-state index contributed by atoms with van der Waals surface area (Å²) in [7, 11) is 0. The summed E-state index contributed by atoms with van der Waals surface area (Å²) in [5.74, 6) is 0.907. The molecular formula is C10H12ClN3. The van der Waals surface area contributed by atoms with Gasteiger partial charge in [0.25, 0.3) is 0 Å². The van der Waals surface area contributed by atoms with Crippen molar-refractivity contribution in [3.8, 4) is 0 Å². The number of rotatable bonds is 2. The van der Waals surface area contributed by atoms with Crippen molar-refractivity contribution in [3.05, 3.63) is 29.0 Å². The maximum atomic E-state index is 5.93. The van der Waals surface area contributed by atoms with E-state index in [1.54, 1.807) is 0 Å². The van der Waals surface area contributed by atoms with Crippen LogP contribution in [0.25, 0.3) is 11.0 Å². The molecule has 2 N–H and O–H groups in total. The number of benzene rings is 1. The Kier molecular flexibility index (Phi) is 2.44. The maximum absolute atomic E-state index is 5.93. The molecule has 0 amide bonds. The fraction of sp³-hybridized carbons (Fsp3) is 0.300. The summed E-state index contributed by atoms with van der Waals surface area (Å²) in [5, 5.41) is 0.732. The number of imidazole rings is 1. The quantitative estimate of drug-likeness (QED) is 0.824. The summed E-state index contributed by atoms with van der Waals surface area (Å²) in [6.07, 6.45) is 0. The van der Waals surface area contributed by atoms with Crippen LogP contribution in [0.15, 0.2) is 18.2 Å². The molecule has 2 rings (SSSR count). The summed E-state index contributed by atoms with van der Waals surface area (Å²) < 4.78 is 2.08. The van der Waals surface area contributed by atoms with Crippen LogP contribution in [-0.2, 0) is 13.1 Å². The van der Waals surface area contributed by atoms with Gasteiger partial charge in [0.2, 0.25) is 0 Å². The Balaban J connectivity index is 2.74. The van der Waals surface area contributed by atoms with Crippen molar-refractivity contribution in [1.29, 1.82) is 0 Å². The predicted octanol–water partition coefficient (Wildman–Crippen LogP) is 2.17. The lowest BCUT2D eigenvalue weighted by Crippen LogP contribution is -2.06. The third-order valence-corrected chi connectivity index (χ3v) is 2.52. The van der Waals surface area contributed by atoms with Gasteiger partial charge in [-0.05, 0) is 25.1 Å². The number of aryl methyl sites for hydroxylation is 1. The van der Waals surface area contributed by atoms with E-state index in [4.69, 9.17) is 17.3 Å². The molecule has 14 heavy (non-hydrogen) atoms. The highest BCUT2D eigenvalue weighted by molar-refractivity contribution is 6.31. The first-order valence-corrected chi connectivity index (χ1v) is 4.98. The van der Waals surface area contributed by atoms with E-state index in [0.717, 1.165) is 28.4 Å². The van der Waals surface area contributed by atoms with Gasteiger partial charge in [-0.2, -0.15) is 0 Å². The highest BCUT2D eigenvalue weighted by Gasteiger charge is 2.07. The van der Waals surface area contributed by atoms with Gasteiger partial charge in [0.15, 0.2) is 0 Å². The van der Waals surface area contributed by atoms with Crippen molar-refractivity contribution in [2.45, 2.75) is 20.0 Å². The Hall–Kier alpha value is -1.06. The number of hydrogen-bond donors (Lipinski definition) is 1. The van der Waals surface area contributed by atoms with Gasteiger partial charge in [0, 0.05) is 11.6 Å². The molecule has 0 aliphatic rings. The molecule has 1 heterocycles. The highest BCUT2D eigenvalue weighted by atomic mass is 35.5. The van der Waals surface area contributed by atoms with Crippen LogP contribution in [-0.4, -0.2) is 9.55 Å². The molecule has 0 bridgehead atoms. The Morgan fingerprint density at radius 2 is 2.29 bits per heavy atom. The molecule has 0 atom stereocenters. The number of halogens is 1. The van der Waals surface area contributed by atoms with Gasteiger partial charge in [-0.3, -0.25) is 0 Å². The van der Waals surface area contributed by atoms with E-state index in [2.05, 4.69) is 16.5 Å². The minimum atomic E-state index is 0.458. The van der Waals surface area contributed by atoms with Crippen LogP contribution >= 0.6 is 11.6 Å². The minimum Gasteiger partial charge on any atom is -0.327 e. The largest absolute Gasteiger partial charge is 0.327 e. The van der Waals surface area contributed by atoms with E-state index >= 15 is 0 Å². The van der Waals surface area contributed by atoms with Crippen LogP contribution in [0.3, 0.4) is 0 Å². The van der Waals surface area contributed by atoms with Gasteiger partial charge < -0.3 is 10.3 Å². The molecule has 0 saturated heterocycles. The molecule has 2 aromatic rings. The lowest BCUT2D eigenvalue weighted by molar-refractivity contribution is 0.718. The second-order valence-electron chi connectivity index (χ2n) is 3.11. The molecule has 4 heteroatoms. The molecule has 0 fully saturated rings. The molecule has 0 aliphatic carbocycles. The van der Waals surface area contributed by atoms with E-state index in [1.807, 2.05) is 18.2 Å². The Labute approximate surface area is 87.5 Å². The average Bonchev–Trinajstić information content (AvgIpc) is 2.54. The lowest BCUT2D eigenvalue weighted by Gasteiger charge is -2.03. The second kappa shape index (κ2) is 3.59. The summed E-state index contributed by atoms with van der Waals surface area (Å²) in [6.45, 7) is 3.39. The SMILES string of the molecule is CCn1c(CN)nc2ccc(Cl)cc21. The lowest BCUT2D eigenvalue weighted by atomic mass is 10.3. The number of nitrogens with zero attached hydrogens (tertiary/aromatic N) is 2. The van der Waals surface area contributed by atoms with Gasteiger partial charge in [-0.25, -0.2) is 4.98 Å². The monoisotopic (exact) mass is 209 g/mol. The number of hydrogen-bond acceptors (Lipinski definition) is 2. The van der Waals surface area contributed by atoms with E-state index < -0.39 is 0 Å². The molecular weight excluding hydrogens is 198 g/mol. The summed E-state index contributed by atoms with van der Waals surface area (Å²) in [6, 6.07) is 5.69. The van der Waals surface area contributed by atoms with Crippen molar-refractivity contribution < 1.29 is 0 Å². The number of aromatic nitrogens is 2. The van der Waals surface area contributed by atoms with Crippen molar-refractivity contribution in [2.24, 2.45) is 5.73 Å². The Bertz CT molecular complexity index is 462. The van der Waals surface area contributed by atoms with Crippen molar-refractivity contribution in [3.63, 3.8) is 0 Å². The van der Waals surface area contributed by atoms with Gasteiger partial charge >= 0.3 is 0 Å². The summed E-state index contributed by atoms with van der Waals surface area (Å²) in [4.78, 5) is 4.42. The van der Waals surface area contributed by atoms with E-state index in [0.29, 0.717) is 6.54 Å². The van der Waals surface area contributed by atoms with Gasteiger partial charge in [-0.1, -0.05) is 11.6 Å². The highest BCUT2D eigenvalue weighted by Crippen LogP contribution is 2.20. The zero-order chi connectivity index (χ0) is 10.1. The third-order valence-electron chi connectivity index (χ3n) is 2.29. The van der Waals surface area contributed by atoms with Crippen LogP contribution in [0.5, 0.6) is 0 Å². The summed E-state index contributed by atoms with van der Waals surface area (Å²) in [5.41, 5.74) is 7.62. The normalized spacial score (nSPS) is 11.1. The molecule has 0 radical (unpaired) electrons. The molecule has 74 valence electrons. The van der Waals surface area contributed by atoms with Crippen molar-refractivity contribution in [1.82, 2.24) is 9.55 Å². The number of fused-ring (bicyclic) bond motifs is 1. The van der Waals surface area contributed by atoms with Crippen LogP contribution in [0.1, 0.15) is 12.7 Å². The average molecular weight is 210 g/mol. The third kappa shape index (κ3) is 1.38. The van der Waals surface area contributed by atoms with E-state index in [-0.39, 0.29) is 0 Å². The zero-order valence-corrected chi connectivity index (χ0v) is 8.75. The van der Waals surface area contributed by atoms with E-state index in [9.17, 15) is 0 Å². The Morgan fingerprint density at radius 3 is 2.93 bits per heavy atom. The number of nitrogens with two attached hydrogens (primary N) is 1. The fourth-order valence-corrected chi connectivity index (χ4v) is 1.82. The van der Waals surface area contributed by atoms with E-state index in [1.165, 1.54) is 0 Å². The summed E-state index contributed by atoms with van der Waals surface area (Å²) >= 11 is 5.93. The smallest absolute Gasteiger partial charge is 0.123 e. The van der Waals surface area contributed by atoms with Crippen molar-refractivity contribution >= 4 is 22.6 Å². The zero-order valence-electron chi connectivity index (χ0n) is 8.00. The Morgan fingerprint density at radius 1 is 1.50 bits per heavy atom. The van der Waals surface area contributed by atoms with Gasteiger partial charge in [-0.15, -0.1) is 0 Å². The molecule has 1 aromatic carbocycles. The van der Waals surface area contributed by atoms with Crippen molar-refractivity contribution in [2.75, 3.05) is 0 Å². The predicted molar refractivity (Wildman–Crippen MR) is 58.3 cm³/mol. The maximum Gasteiger partial charge on any atom is 0.123 e. The first-order valence-electron chi connectivity index (χ1n) is 4.61. The molecule has 0 aliphatic heterocycles. The van der Waals surface area contributed by atoms with Crippen LogP contribution in [0.2, 0.25) is 5.02 Å². The first-order chi connectivity index (χ1) is 6.76. The standard InChI is InChI=1S/C10H12ClN3/c1-2-14-9-5-7(11)3-4-8(9)13-10(14)6-12/h3-5H,2,6,12H2,1H3. The molecule has 0 spiro atoms.